The quantitative estimate of drug-likeness (QED) is 0.733. The summed E-state index contributed by atoms with van der Waals surface area (Å²) in [7, 11) is 0. The van der Waals surface area contributed by atoms with Crippen LogP contribution in [0.25, 0.3) is 0 Å². The number of nitrogens with one attached hydrogen (secondary N) is 2. The van der Waals surface area contributed by atoms with Crippen LogP contribution in [0.15, 0.2) is 47.1 Å². The Hall–Kier alpha value is -3.80. The minimum Gasteiger partial charge on any atom is -0.484 e. The van der Waals surface area contributed by atoms with Gasteiger partial charge in [0.1, 0.15) is 5.75 Å². The lowest BCUT2D eigenvalue weighted by Gasteiger charge is -2.31. The van der Waals surface area contributed by atoms with Crippen LogP contribution in [0.2, 0.25) is 0 Å². The molecule has 0 aliphatic carbocycles. The molecule has 1 aliphatic heterocycles. The third-order valence-corrected chi connectivity index (χ3v) is 4.49. The average molecular weight is 396 g/mol. The fourth-order valence-corrected chi connectivity index (χ4v) is 2.98. The maximum absolute atomic E-state index is 12.4. The van der Waals surface area contributed by atoms with Gasteiger partial charge in [0.2, 0.25) is 5.91 Å². The van der Waals surface area contributed by atoms with Crippen LogP contribution in [0.3, 0.4) is 0 Å². The van der Waals surface area contributed by atoms with Gasteiger partial charge in [-0.3, -0.25) is 25.2 Å². The van der Waals surface area contributed by atoms with Crippen LogP contribution in [0, 0.1) is 17.2 Å². The van der Waals surface area contributed by atoms with E-state index in [-0.39, 0.29) is 30.7 Å². The van der Waals surface area contributed by atoms with Crippen molar-refractivity contribution in [3.8, 4) is 11.8 Å². The number of hydrogen-bond donors (Lipinski definition) is 2. The summed E-state index contributed by atoms with van der Waals surface area (Å²) in [6, 6.07) is 11.5. The molecule has 2 aromatic rings. The number of carbonyl (C=O) groups is 3. The van der Waals surface area contributed by atoms with E-state index in [9.17, 15) is 14.4 Å². The Morgan fingerprint density at radius 3 is 2.69 bits per heavy atom. The highest BCUT2D eigenvalue weighted by Crippen LogP contribution is 2.19. The van der Waals surface area contributed by atoms with Gasteiger partial charge in [-0.15, -0.1) is 0 Å². The second-order valence-corrected chi connectivity index (χ2v) is 6.53. The van der Waals surface area contributed by atoms with E-state index in [0.717, 1.165) is 0 Å². The van der Waals surface area contributed by atoms with Crippen LogP contribution in [0.1, 0.15) is 29.0 Å². The number of carbonyl (C=O) groups excluding carboxylic acids is 3. The molecule has 150 valence electrons. The third-order valence-electron chi connectivity index (χ3n) is 4.49. The summed E-state index contributed by atoms with van der Waals surface area (Å²) < 4.78 is 10.4. The Kier molecular flexibility index (Phi) is 6.47. The first-order valence-electron chi connectivity index (χ1n) is 9.11. The van der Waals surface area contributed by atoms with E-state index in [1.807, 2.05) is 6.07 Å². The number of hydrogen-bond acceptors (Lipinski definition) is 6. The molecule has 1 fully saturated rings. The van der Waals surface area contributed by atoms with Crippen LogP contribution >= 0.6 is 0 Å². The number of hydrazine groups is 1. The smallest absolute Gasteiger partial charge is 0.289 e. The Morgan fingerprint density at radius 2 is 2.00 bits per heavy atom. The Balaban J connectivity index is 1.42. The minimum atomic E-state index is -0.526. The van der Waals surface area contributed by atoms with E-state index in [1.54, 1.807) is 41.3 Å². The molecule has 2 heterocycles. The number of benzene rings is 1. The monoisotopic (exact) mass is 396 g/mol. The van der Waals surface area contributed by atoms with Crippen LogP contribution in [0.4, 0.5) is 0 Å². The molecular weight excluding hydrogens is 376 g/mol. The number of piperidine rings is 1. The molecule has 3 amide bonds. The maximum atomic E-state index is 12.4. The van der Waals surface area contributed by atoms with E-state index in [0.29, 0.717) is 30.7 Å². The van der Waals surface area contributed by atoms with Crippen LogP contribution in [0.5, 0.6) is 5.75 Å². The Morgan fingerprint density at radius 1 is 1.21 bits per heavy atom. The van der Waals surface area contributed by atoms with Gasteiger partial charge in [-0.05, 0) is 49.2 Å². The Labute approximate surface area is 167 Å². The standard InChI is InChI=1S/C20H20N4O5/c21-11-14-5-7-16(8-6-14)29-13-18(25)22-23-19(26)15-3-1-9-24(12-15)20(27)17-4-2-10-28-17/h2,4-8,10,15H,1,3,9,12-13H2,(H,22,25)(H,23,26)/t15-/m1/s1. The lowest BCUT2D eigenvalue weighted by molar-refractivity contribution is -0.132. The van der Waals surface area contributed by atoms with Crippen molar-refractivity contribution < 1.29 is 23.5 Å². The summed E-state index contributed by atoms with van der Waals surface area (Å²) in [5.74, 6) is -0.908. The van der Waals surface area contributed by atoms with E-state index in [2.05, 4.69) is 10.9 Å². The molecule has 3 rings (SSSR count). The van der Waals surface area contributed by atoms with Gasteiger partial charge in [-0.1, -0.05) is 0 Å². The predicted molar refractivity (Wildman–Crippen MR) is 100 cm³/mol. The maximum Gasteiger partial charge on any atom is 0.289 e. The third kappa shape index (κ3) is 5.35. The fourth-order valence-electron chi connectivity index (χ4n) is 2.98. The number of nitriles is 1. The van der Waals surface area contributed by atoms with Crippen LogP contribution in [-0.4, -0.2) is 42.3 Å². The van der Waals surface area contributed by atoms with Crippen molar-refractivity contribution in [1.82, 2.24) is 15.8 Å². The first-order valence-corrected chi connectivity index (χ1v) is 9.11. The van der Waals surface area contributed by atoms with Gasteiger partial charge in [-0.25, -0.2) is 0 Å². The zero-order chi connectivity index (χ0) is 20.6. The second-order valence-electron chi connectivity index (χ2n) is 6.53. The van der Waals surface area contributed by atoms with Crippen molar-refractivity contribution in [2.45, 2.75) is 12.8 Å². The lowest BCUT2D eigenvalue weighted by Crippen LogP contribution is -2.50. The molecule has 0 radical (unpaired) electrons. The molecule has 1 aromatic heterocycles. The van der Waals surface area contributed by atoms with Crippen molar-refractivity contribution in [1.29, 1.82) is 5.26 Å². The topological polar surface area (TPSA) is 125 Å². The molecule has 1 atom stereocenters. The highest BCUT2D eigenvalue weighted by atomic mass is 16.5. The van der Waals surface area contributed by atoms with E-state index >= 15 is 0 Å². The summed E-state index contributed by atoms with van der Waals surface area (Å²) in [4.78, 5) is 38.1. The first kappa shape index (κ1) is 19.9. The van der Waals surface area contributed by atoms with Gasteiger partial charge in [0.05, 0.1) is 23.8 Å². The van der Waals surface area contributed by atoms with Crippen molar-refractivity contribution in [3.63, 3.8) is 0 Å². The number of ether oxygens (including phenoxy) is 1. The zero-order valence-electron chi connectivity index (χ0n) is 15.6. The van der Waals surface area contributed by atoms with Gasteiger partial charge in [-0.2, -0.15) is 5.26 Å². The van der Waals surface area contributed by atoms with Crippen molar-refractivity contribution >= 4 is 17.7 Å². The molecule has 0 spiro atoms. The van der Waals surface area contributed by atoms with Gasteiger partial charge in [0.25, 0.3) is 11.8 Å². The highest BCUT2D eigenvalue weighted by molar-refractivity contribution is 5.92. The van der Waals surface area contributed by atoms with Gasteiger partial charge in [0.15, 0.2) is 12.4 Å². The normalized spacial score (nSPS) is 15.8. The molecule has 9 nitrogen and oxygen atoms in total. The summed E-state index contributed by atoms with van der Waals surface area (Å²) >= 11 is 0. The molecule has 9 heteroatoms. The van der Waals surface area contributed by atoms with Crippen LogP contribution in [-0.2, 0) is 9.59 Å². The summed E-state index contributed by atoms with van der Waals surface area (Å²) in [6.07, 6.45) is 2.72. The van der Waals surface area contributed by atoms with Gasteiger partial charge < -0.3 is 14.1 Å². The van der Waals surface area contributed by atoms with E-state index in [1.165, 1.54) is 6.26 Å². The largest absolute Gasteiger partial charge is 0.484 e. The summed E-state index contributed by atoms with van der Waals surface area (Å²) in [5, 5.41) is 8.75. The van der Waals surface area contributed by atoms with Gasteiger partial charge >= 0.3 is 0 Å². The summed E-state index contributed by atoms with van der Waals surface area (Å²) in [6.45, 7) is 0.511. The molecular formula is C20H20N4O5. The highest BCUT2D eigenvalue weighted by Gasteiger charge is 2.30. The van der Waals surface area contributed by atoms with Crippen molar-refractivity contribution in [3.05, 3.63) is 54.0 Å². The molecule has 2 N–H and O–H groups in total. The molecule has 0 unspecified atom stereocenters. The van der Waals surface area contributed by atoms with Crippen LogP contribution < -0.4 is 15.6 Å². The molecule has 1 aliphatic rings. The minimum absolute atomic E-state index is 0.235. The zero-order valence-corrected chi connectivity index (χ0v) is 15.6. The van der Waals surface area contributed by atoms with Crippen molar-refractivity contribution in [2.24, 2.45) is 5.92 Å². The molecule has 0 saturated carbocycles. The van der Waals surface area contributed by atoms with E-state index < -0.39 is 11.8 Å². The van der Waals surface area contributed by atoms with Gasteiger partial charge in [0, 0.05) is 13.1 Å². The van der Waals surface area contributed by atoms with E-state index in [4.69, 9.17) is 14.4 Å². The number of furan rings is 1. The Bertz CT molecular complexity index is 902. The molecule has 29 heavy (non-hydrogen) atoms. The molecule has 1 aromatic carbocycles. The summed E-state index contributed by atoms with van der Waals surface area (Å²) in [5.41, 5.74) is 5.17. The second kappa shape index (κ2) is 9.41. The average Bonchev–Trinajstić information content (AvgIpc) is 3.31. The predicted octanol–water partition coefficient (Wildman–Crippen LogP) is 1.23. The number of likely N-dealkylation sites (tertiary alicyclic amines) is 1. The lowest BCUT2D eigenvalue weighted by atomic mass is 9.97. The number of rotatable bonds is 5. The first-order chi connectivity index (χ1) is 14.1. The molecule has 1 saturated heterocycles. The number of amides is 3. The SMILES string of the molecule is N#Cc1ccc(OCC(=O)NNC(=O)[C@@H]2CCCN(C(=O)c3ccco3)C2)cc1. The van der Waals surface area contributed by atoms with Crippen molar-refractivity contribution in [2.75, 3.05) is 19.7 Å². The molecule has 0 bridgehead atoms. The fraction of sp³-hybridized carbons (Fsp3) is 0.300. The number of nitrogens with zero attached hydrogens (tertiary/aromatic N) is 2.